The molecule has 0 aliphatic rings. The predicted molar refractivity (Wildman–Crippen MR) is 97.3 cm³/mol. The molecule has 0 aliphatic heterocycles. The lowest BCUT2D eigenvalue weighted by Crippen LogP contribution is -2.38. The number of nitrogens with zero attached hydrogens (tertiary/aromatic N) is 1. The summed E-state index contributed by atoms with van der Waals surface area (Å²) in [6, 6.07) is 18.1. The molecule has 0 fully saturated rings. The van der Waals surface area contributed by atoms with E-state index >= 15 is 0 Å². The summed E-state index contributed by atoms with van der Waals surface area (Å²) < 4.78 is 10.8. The second-order valence-electron chi connectivity index (χ2n) is 5.27. The molecule has 0 amide bonds. The highest BCUT2D eigenvalue weighted by Crippen LogP contribution is 2.07. The Bertz CT molecular complexity index is 630. The van der Waals surface area contributed by atoms with Crippen LogP contribution in [0.1, 0.15) is 11.1 Å². The van der Waals surface area contributed by atoms with Gasteiger partial charge in [-0.1, -0.05) is 42.5 Å². The number of aliphatic imine (C=N–C) groups is 1. The van der Waals surface area contributed by atoms with Gasteiger partial charge in [0.2, 0.25) is 0 Å². The van der Waals surface area contributed by atoms with Crippen LogP contribution in [0.3, 0.4) is 0 Å². The average Bonchev–Trinajstić information content (AvgIpc) is 2.63. The number of rotatable bonds is 8. The molecule has 128 valence electrons. The molecule has 0 aromatic heterocycles. The first-order valence-electron chi connectivity index (χ1n) is 8.01. The first-order valence-corrected chi connectivity index (χ1v) is 8.01. The van der Waals surface area contributed by atoms with Gasteiger partial charge in [-0.25, -0.2) is 0 Å². The fraction of sp³-hybridized carbons (Fsp3) is 0.316. The van der Waals surface area contributed by atoms with Crippen molar-refractivity contribution in [1.29, 1.82) is 0 Å². The minimum Gasteiger partial charge on any atom is -0.492 e. The minimum atomic E-state index is 0.577. The van der Waals surface area contributed by atoms with Crippen molar-refractivity contribution < 1.29 is 9.47 Å². The van der Waals surface area contributed by atoms with E-state index in [1.165, 1.54) is 5.56 Å². The SMILES string of the molecule is CN=C(NCCOc1ccccc1)NCc1cccc(COC)c1. The quantitative estimate of drug-likeness (QED) is 0.444. The van der Waals surface area contributed by atoms with Crippen molar-refractivity contribution in [2.24, 2.45) is 4.99 Å². The van der Waals surface area contributed by atoms with E-state index in [9.17, 15) is 0 Å². The first kappa shape index (κ1) is 17.8. The van der Waals surface area contributed by atoms with Crippen LogP contribution in [0.5, 0.6) is 5.75 Å². The molecule has 0 saturated heterocycles. The van der Waals surface area contributed by atoms with Gasteiger partial charge in [0.1, 0.15) is 12.4 Å². The van der Waals surface area contributed by atoms with E-state index < -0.39 is 0 Å². The Morgan fingerprint density at radius 2 is 1.79 bits per heavy atom. The summed E-state index contributed by atoms with van der Waals surface area (Å²) in [5, 5.41) is 6.54. The lowest BCUT2D eigenvalue weighted by molar-refractivity contribution is 0.185. The molecule has 24 heavy (non-hydrogen) atoms. The smallest absolute Gasteiger partial charge is 0.191 e. The third kappa shape index (κ3) is 6.30. The zero-order valence-electron chi connectivity index (χ0n) is 14.3. The van der Waals surface area contributed by atoms with Crippen molar-refractivity contribution in [2.75, 3.05) is 27.3 Å². The van der Waals surface area contributed by atoms with E-state index in [1.54, 1.807) is 14.2 Å². The molecule has 0 unspecified atom stereocenters. The normalized spacial score (nSPS) is 11.2. The van der Waals surface area contributed by atoms with Crippen LogP contribution in [0, 0.1) is 0 Å². The van der Waals surface area contributed by atoms with E-state index in [4.69, 9.17) is 9.47 Å². The van der Waals surface area contributed by atoms with Gasteiger partial charge in [-0.2, -0.15) is 0 Å². The predicted octanol–water partition coefficient (Wildman–Crippen LogP) is 2.58. The molecular formula is C19H25N3O2. The number of hydrogen-bond acceptors (Lipinski definition) is 3. The number of methoxy groups -OCH3 is 1. The number of para-hydroxylation sites is 1. The molecule has 0 spiro atoms. The Kier molecular flexibility index (Phi) is 7.63. The molecule has 0 bridgehead atoms. The van der Waals surface area contributed by atoms with Crippen LogP contribution in [-0.2, 0) is 17.9 Å². The Labute approximate surface area is 143 Å². The van der Waals surface area contributed by atoms with Crippen molar-refractivity contribution in [3.8, 4) is 5.75 Å². The Morgan fingerprint density at radius 3 is 2.54 bits per heavy atom. The van der Waals surface area contributed by atoms with Gasteiger partial charge in [-0.15, -0.1) is 0 Å². The van der Waals surface area contributed by atoms with Crippen molar-refractivity contribution in [3.63, 3.8) is 0 Å². The number of ether oxygens (including phenoxy) is 2. The van der Waals surface area contributed by atoms with E-state index in [0.29, 0.717) is 26.3 Å². The van der Waals surface area contributed by atoms with Crippen LogP contribution in [0.25, 0.3) is 0 Å². The van der Waals surface area contributed by atoms with Crippen molar-refractivity contribution in [2.45, 2.75) is 13.2 Å². The summed E-state index contributed by atoms with van der Waals surface area (Å²) in [6.45, 7) is 2.58. The standard InChI is InChI=1S/C19H25N3O2/c1-20-19(21-11-12-24-18-9-4-3-5-10-18)22-14-16-7-6-8-17(13-16)15-23-2/h3-10,13H,11-12,14-15H2,1-2H3,(H2,20,21,22). The number of nitrogens with one attached hydrogen (secondary N) is 2. The highest BCUT2D eigenvalue weighted by molar-refractivity contribution is 5.79. The van der Waals surface area contributed by atoms with Gasteiger partial charge in [0, 0.05) is 20.7 Å². The molecule has 0 heterocycles. The van der Waals surface area contributed by atoms with Crippen LogP contribution in [-0.4, -0.2) is 33.3 Å². The molecule has 0 aliphatic carbocycles. The monoisotopic (exact) mass is 327 g/mol. The molecule has 2 rings (SSSR count). The van der Waals surface area contributed by atoms with Gasteiger partial charge < -0.3 is 20.1 Å². The summed E-state index contributed by atoms with van der Waals surface area (Å²) in [4.78, 5) is 4.22. The van der Waals surface area contributed by atoms with Crippen molar-refractivity contribution >= 4 is 5.96 Å². The van der Waals surface area contributed by atoms with Crippen LogP contribution < -0.4 is 15.4 Å². The third-order valence-electron chi connectivity index (χ3n) is 3.39. The fourth-order valence-corrected chi connectivity index (χ4v) is 2.26. The highest BCUT2D eigenvalue weighted by atomic mass is 16.5. The van der Waals surface area contributed by atoms with Gasteiger partial charge >= 0.3 is 0 Å². The summed E-state index contributed by atoms with van der Waals surface area (Å²) in [7, 11) is 3.46. The molecule has 5 nitrogen and oxygen atoms in total. The zero-order valence-corrected chi connectivity index (χ0v) is 14.3. The summed E-state index contributed by atoms with van der Waals surface area (Å²) in [5.74, 6) is 1.63. The third-order valence-corrected chi connectivity index (χ3v) is 3.39. The molecule has 0 atom stereocenters. The van der Waals surface area contributed by atoms with Crippen LogP contribution in [0.4, 0.5) is 0 Å². The molecule has 0 radical (unpaired) electrons. The molecular weight excluding hydrogens is 302 g/mol. The zero-order chi connectivity index (χ0) is 17.0. The maximum atomic E-state index is 5.65. The number of hydrogen-bond donors (Lipinski definition) is 2. The van der Waals surface area contributed by atoms with Gasteiger partial charge in [-0.3, -0.25) is 4.99 Å². The van der Waals surface area contributed by atoms with E-state index in [1.807, 2.05) is 36.4 Å². The van der Waals surface area contributed by atoms with Crippen LogP contribution in [0.2, 0.25) is 0 Å². The second-order valence-corrected chi connectivity index (χ2v) is 5.27. The summed E-state index contributed by atoms with van der Waals surface area (Å²) in [5.41, 5.74) is 2.35. The minimum absolute atomic E-state index is 0.577. The molecule has 5 heteroatoms. The molecule has 2 aromatic carbocycles. The maximum Gasteiger partial charge on any atom is 0.191 e. The summed E-state index contributed by atoms with van der Waals surface area (Å²) in [6.07, 6.45) is 0. The van der Waals surface area contributed by atoms with Crippen LogP contribution in [0.15, 0.2) is 59.6 Å². The second kappa shape index (κ2) is 10.3. The largest absolute Gasteiger partial charge is 0.492 e. The van der Waals surface area contributed by atoms with Gasteiger partial charge in [-0.05, 0) is 23.3 Å². The van der Waals surface area contributed by atoms with Gasteiger partial charge in [0.15, 0.2) is 5.96 Å². The highest BCUT2D eigenvalue weighted by Gasteiger charge is 2.00. The van der Waals surface area contributed by atoms with E-state index in [2.05, 4.69) is 33.8 Å². The lowest BCUT2D eigenvalue weighted by Gasteiger charge is -2.13. The van der Waals surface area contributed by atoms with Crippen molar-refractivity contribution in [3.05, 3.63) is 65.7 Å². The van der Waals surface area contributed by atoms with E-state index in [0.717, 1.165) is 17.3 Å². The van der Waals surface area contributed by atoms with Gasteiger partial charge in [0.25, 0.3) is 0 Å². The maximum absolute atomic E-state index is 5.65. The Balaban J connectivity index is 1.71. The molecule has 2 aromatic rings. The lowest BCUT2D eigenvalue weighted by atomic mass is 10.1. The number of guanidine groups is 1. The first-order chi connectivity index (χ1) is 11.8. The van der Waals surface area contributed by atoms with Crippen LogP contribution >= 0.6 is 0 Å². The Morgan fingerprint density at radius 1 is 1.00 bits per heavy atom. The molecule has 0 saturated carbocycles. The Hall–Kier alpha value is -2.53. The fourth-order valence-electron chi connectivity index (χ4n) is 2.26. The number of benzene rings is 2. The molecule has 2 N–H and O–H groups in total. The van der Waals surface area contributed by atoms with Gasteiger partial charge in [0.05, 0.1) is 13.2 Å². The van der Waals surface area contributed by atoms with Crippen molar-refractivity contribution in [1.82, 2.24) is 10.6 Å². The topological polar surface area (TPSA) is 54.9 Å². The average molecular weight is 327 g/mol. The summed E-state index contributed by atoms with van der Waals surface area (Å²) >= 11 is 0. The van der Waals surface area contributed by atoms with E-state index in [-0.39, 0.29) is 0 Å².